The quantitative estimate of drug-likeness (QED) is 0.351. The summed E-state index contributed by atoms with van der Waals surface area (Å²) in [6, 6.07) is 10.2. The van der Waals surface area contributed by atoms with E-state index in [0.717, 1.165) is 25.0 Å². The Hall–Kier alpha value is -3.59. The SMILES string of the molecule is CCN(CC(=O)N(Cc1ccc(C2CCCCC2)cn1)c1ccn(C)c(=O)c1)[S+]([O-])c1cc(F)c(F)c(C#N)c1. The summed E-state index contributed by atoms with van der Waals surface area (Å²) in [6.07, 6.45) is 9.34. The minimum Gasteiger partial charge on any atom is -0.593 e. The van der Waals surface area contributed by atoms with Gasteiger partial charge in [0.05, 0.1) is 34.9 Å². The van der Waals surface area contributed by atoms with Crippen molar-refractivity contribution in [2.75, 3.05) is 18.0 Å². The van der Waals surface area contributed by atoms with E-state index in [1.54, 1.807) is 32.3 Å². The average molecular weight is 568 g/mol. The summed E-state index contributed by atoms with van der Waals surface area (Å²) in [6.45, 7) is 1.53. The first-order valence-corrected chi connectivity index (χ1v) is 14.3. The molecule has 1 unspecified atom stereocenters. The number of aromatic nitrogens is 2. The first-order chi connectivity index (χ1) is 19.2. The molecule has 1 aromatic carbocycles. The Kier molecular flexibility index (Phi) is 9.68. The van der Waals surface area contributed by atoms with Crippen LogP contribution in [0.1, 0.15) is 61.8 Å². The topological polar surface area (TPSA) is 105 Å². The van der Waals surface area contributed by atoms with Crippen LogP contribution < -0.4 is 10.5 Å². The number of amides is 1. The maximum Gasteiger partial charge on any atom is 0.252 e. The molecule has 8 nitrogen and oxygen atoms in total. The van der Waals surface area contributed by atoms with Gasteiger partial charge in [0.2, 0.25) is 5.91 Å². The van der Waals surface area contributed by atoms with Crippen LogP contribution in [-0.4, -0.2) is 37.4 Å². The zero-order chi connectivity index (χ0) is 28.8. The van der Waals surface area contributed by atoms with Crippen molar-refractivity contribution in [2.45, 2.75) is 56.4 Å². The molecule has 1 fully saturated rings. The Bertz CT molecular complexity index is 1450. The summed E-state index contributed by atoms with van der Waals surface area (Å²) in [5.41, 5.74) is 1.27. The number of hydrogen-bond acceptors (Lipinski definition) is 6. The summed E-state index contributed by atoms with van der Waals surface area (Å²) >= 11 is -2.06. The highest BCUT2D eigenvalue weighted by Crippen LogP contribution is 2.32. The van der Waals surface area contributed by atoms with Crippen LogP contribution in [0.2, 0.25) is 0 Å². The fourth-order valence-electron chi connectivity index (χ4n) is 4.82. The molecule has 4 rings (SSSR count). The zero-order valence-electron chi connectivity index (χ0n) is 22.5. The monoisotopic (exact) mass is 567 g/mol. The van der Waals surface area contributed by atoms with E-state index in [4.69, 9.17) is 5.26 Å². The molecular weight excluding hydrogens is 536 g/mol. The Morgan fingerprint density at radius 1 is 1.20 bits per heavy atom. The third-order valence-corrected chi connectivity index (χ3v) is 8.66. The number of aryl methyl sites for hydroxylation is 1. The number of anilines is 1. The van der Waals surface area contributed by atoms with Crippen molar-refractivity contribution < 1.29 is 18.1 Å². The number of benzene rings is 1. The molecule has 1 atom stereocenters. The van der Waals surface area contributed by atoms with Gasteiger partial charge in [0.25, 0.3) is 5.56 Å². The van der Waals surface area contributed by atoms with Crippen molar-refractivity contribution >= 4 is 23.0 Å². The Morgan fingerprint density at radius 3 is 2.58 bits per heavy atom. The Labute approximate surface area is 235 Å². The third-order valence-electron chi connectivity index (χ3n) is 7.17. The summed E-state index contributed by atoms with van der Waals surface area (Å²) in [7, 11) is 1.60. The van der Waals surface area contributed by atoms with Crippen LogP contribution in [-0.2, 0) is 29.7 Å². The smallest absolute Gasteiger partial charge is 0.252 e. The van der Waals surface area contributed by atoms with Gasteiger partial charge in [-0.2, -0.15) is 5.26 Å². The van der Waals surface area contributed by atoms with E-state index in [2.05, 4.69) is 4.98 Å². The highest BCUT2D eigenvalue weighted by Gasteiger charge is 2.29. The minimum absolute atomic E-state index is 0.0743. The molecule has 1 amide bonds. The lowest BCUT2D eigenvalue weighted by Crippen LogP contribution is -2.43. The van der Waals surface area contributed by atoms with E-state index in [9.17, 15) is 22.9 Å². The van der Waals surface area contributed by atoms with E-state index in [-0.39, 0.29) is 30.1 Å². The van der Waals surface area contributed by atoms with Gasteiger partial charge in [0.15, 0.2) is 16.5 Å². The zero-order valence-corrected chi connectivity index (χ0v) is 23.3. The first-order valence-electron chi connectivity index (χ1n) is 13.2. The van der Waals surface area contributed by atoms with Crippen LogP contribution in [0.5, 0.6) is 0 Å². The van der Waals surface area contributed by atoms with Crippen LogP contribution in [0.3, 0.4) is 0 Å². The molecule has 210 valence electrons. The van der Waals surface area contributed by atoms with Crippen LogP contribution in [0.4, 0.5) is 14.5 Å². The van der Waals surface area contributed by atoms with E-state index in [1.807, 2.05) is 18.3 Å². The Morgan fingerprint density at radius 2 is 1.95 bits per heavy atom. The standard InChI is InChI=1S/C29H31F2N5O3S/c1-3-35(40(39)25-13-22(16-32)29(31)26(30)15-25)19-28(38)36(24-11-12-34(2)27(37)14-24)18-23-10-9-21(17-33-23)20-7-5-4-6-8-20/h9-15,17,20H,3-8,18-19H2,1-2H3. The number of rotatable bonds is 9. The minimum atomic E-state index is -2.06. The summed E-state index contributed by atoms with van der Waals surface area (Å²) < 4.78 is 43.8. The molecule has 0 radical (unpaired) electrons. The molecule has 1 saturated carbocycles. The molecule has 3 aromatic rings. The molecule has 0 spiro atoms. The van der Waals surface area contributed by atoms with E-state index in [1.165, 1.54) is 44.7 Å². The molecule has 2 aromatic heterocycles. The van der Waals surface area contributed by atoms with Gasteiger partial charge in [-0.3, -0.25) is 14.6 Å². The van der Waals surface area contributed by atoms with Gasteiger partial charge in [-0.05, 0) is 43.4 Å². The number of likely N-dealkylation sites (N-methyl/N-ethyl adjacent to an activating group) is 1. The number of nitrogens with zero attached hydrogens (tertiary/aromatic N) is 5. The molecule has 40 heavy (non-hydrogen) atoms. The van der Waals surface area contributed by atoms with Gasteiger partial charge in [-0.1, -0.05) is 25.3 Å². The molecule has 0 bridgehead atoms. The van der Waals surface area contributed by atoms with E-state index >= 15 is 0 Å². The van der Waals surface area contributed by atoms with Gasteiger partial charge in [-0.15, -0.1) is 4.31 Å². The molecule has 2 heterocycles. The number of carbonyl (C=O) groups excluding carboxylic acids is 1. The highest BCUT2D eigenvalue weighted by atomic mass is 32.2. The Balaban J connectivity index is 1.58. The largest absolute Gasteiger partial charge is 0.593 e. The summed E-state index contributed by atoms with van der Waals surface area (Å²) in [5.74, 6) is -2.60. The van der Waals surface area contributed by atoms with Crippen LogP contribution >= 0.6 is 0 Å². The van der Waals surface area contributed by atoms with Gasteiger partial charge in [0, 0.05) is 44.2 Å². The van der Waals surface area contributed by atoms with Crippen molar-refractivity contribution in [3.05, 3.63) is 87.6 Å². The van der Waals surface area contributed by atoms with Crippen molar-refractivity contribution in [1.82, 2.24) is 13.9 Å². The fraction of sp³-hybridized carbons (Fsp3) is 0.379. The highest BCUT2D eigenvalue weighted by molar-refractivity contribution is 7.89. The fourth-order valence-corrected chi connectivity index (χ4v) is 6.00. The van der Waals surface area contributed by atoms with Crippen LogP contribution in [0, 0.1) is 23.0 Å². The van der Waals surface area contributed by atoms with Crippen molar-refractivity contribution in [3.63, 3.8) is 0 Å². The molecule has 0 aliphatic heterocycles. The summed E-state index contributed by atoms with van der Waals surface area (Å²) in [4.78, 5) is 31.9. The number of nitriles is 1. The average Bonchev–Trinajstić information content (AvgIpc) is 2.97. The van der Waals surface area contributed by atoms with Gasteiger partial charge < -0.3 is 14.0 Å². The number of halogens is 2. The van der Waals surface area contributed by atoms with Crippen molar-refractivity contribution in [3.8, 4) is 6.07 Å². The predicted molar refractivity (Wildman–Crippen MR) is 148 cm³/mol. The third kappa shape index (κ3) is 6.75. The number of hydrogen-bond donors (Lipinski definition) is 0. The second kappa shape index (κ2) is 13.2. The summed E-state index contributed by atoms with van der Waals surface area (Å²) in [5, 5.41) is 9.10. The van der Waals surface area contributed by atoms with Crippen LogP contribution in [0.25, 0.3) is 0 Å². The molecule has 1 aliphatic carbocycles. The van der Waals surface area contributed by atoms with Gasteiger partial charge >= 0.3 is 0 Å². The lowest BCUT2D eigenvalue weighted by atomic mass is 9.85. The van der Waals surface area contributed by atoms with Crippen LogP contribution in [0.15, 0.2) is 58.5 Å². The lowest BCUT2D eigenvalue weighted by molar-refractivity contribution is -0.119. The van der Waals surface area contributed by atoms with Gasteiger partial charge in [0.1, 0.15) is 12.6 Å². The molecule has 11 heteroatoms. The number of carbonyl (C=O) groups is 1. The second-order valence-electron chi connectivity index (χ2n) is 9.82. The van der Waals surface area contributed by atoms with Gasteiger partial charge in [-0.25, -0.2) is 8.78 Å². The van der Waals surface area contributed by atoms with Crippen molar-refractivity contribution in [2.24, 2.45) is 7.05 Å². The molecule has 0 N–H and O–H groups in total. The molecule has 1 aliphatic rings. The van der Waals surface area contributed by atoms with E-state index in [0.29, 0.717) is 17.3 Å². The second-order valence-corrected chi connectivity index (χ2v) is 11.3. The number of pyridine rings is 2. The van der Waals surface area contributed by atoms with E-state index < -0.39 is 34.5 Å². The normalized spacial score (nSPS) is 14.6. The first kappa shape index (κ1) is 29.4. The molecule has 0 saturated heterocycles. The predicted octanol–water partition coefficient (Wildman–Crippen LogP) is 4.56. The molecular formula is C29H31F2N5O3S. The maximum atomic E-state index is 14.0. The maximum absolute atomic E-state index is 14.0. The lowest BCUT2D eigenvalue weighted by Gasteiger charge is -2.27. The van der Waals surface area contributed by atoms with Crippen molar-refractivity contribution in [1.29, 1.82) is 5.26 Å².